The molecule has 0 bridgehead atoms. The van der Waals surface area contributed by atoms with Gasteiger partial charge in [0.25, 0.3) is 0 Å². The van der Waals surface area contributed by atoms with Crippen LogP contribution in [0, 0.1) is 5.92 Å². The Morgan fingerprint density at radius 1 is 1.36 bits per heavy atom. The van der Waals surface area contributed by atoms with Gasteiger partial charge in [-0.1, -0.05) is 19.9 Å². The maximum absolute atomic E-state index is 9.04. The van der Waals surface area contributed by atoms with Gasteiger partial charge in [-0.15, -0.1) is 0 Å². The molecule has 1 heterocycles. The Balaban J connectivity index is 2.43. The minimum absolute atomic E-state index is 0.368. The second-order valence-corrected chi connectivity index (χ2v) is 4.07. The van der Waals surface area contributed by atoms with E-state index in [4.69, 9.17) is 5.11 Å². The highest BCUT2D eigenvalue weighted by Gasteiger charge is 2.18. The van der Waals surface area contributed by atoms with Crippen LogP contribution in [0.4, 0.5) is 0 Å². The van der Waals surface area contributed by atoms with E-state index in [1.165, 1.54) is 5.70 Å². The van der Waals surface area contributed by atoms with Crippen molar-refractivity contribution in [3.63, 3.8) is 0 Å². The van der Waals surface area contributed by atoms with Crippen LogP contribution >= 0.6 is 0 Å². The predicted octanol–water partition coefficient (Wildman–Crippen LogP) is 2.39. The van der Waals surface area contributed by atoms with E-state index in [1.807, 2.05) is 0 Å². The maximum atomic E-state index is 9.04. The van der Waals surface area contributed by atoms with Crippen LogP contribution in [0.1, 0.15) is 39.5 Å². The van der Waals surface area contributed by atoms with Crippen molar-refractivity contribution < 1.29 is 5.11 Å². The first-order valence-electron chi connectivity index (χ1n) is 5.86. The van der Waals surface area contributed by atoms with Gasteiger partial charge in [0, 0.05) is 25.4 Å². The molecule has 0 aromatic heterocycles. The van der Waals surface area contributed by atoms with Gasteiger partial charge in [0.15, 0.2) is 0 Å². The molecule has 2 nitrogen and oxygen atoms in total. The van der Waals surface area contributed by atoms with Gasteiger partial charge < -0.3 is 10.0 Å². The molecule has 1 fully saturated rings. The molecule has 0 saturated carbocycles. The molecule has 1 saturated heterocycles. The van der Waals surface area contributed by atoms with Crippen LogP contribution in [-0.4, -0.2) is 29.7 Å². The van der Waals surface area contributed by atoms with Gasteiger partial charge >= 0.3 is 0 Å². The van der Waals surface area contributed by atoms with Crippen molar-refractivity contribution in [3.8, 4) is 0 Å². The Labute approximate surface area is 87.6 Å². The van der Waals surface area contributed by atoms with E-state index < -0.39 is 0 Å². The Kier molecular flexibility index (Phi) is 5.02. The Bertz CT molecular complexity index is 181. The number of rotatable bonds is 4. The lowest BCUT2D eigenvalue weighted by molar-refractivity contribution is 0.149. The molecule has 0 radical (unpaired) electrons. The largest absolute Gasteiger partial charge is 0.396 e. The number of piperidine rings is 1. The van der Waals surface area contributed by atoms with E-state index in [0.717, 1.165) is 38.8 Å². The lowest BCUT2D eigenvalue weighted by Gasteiger charge is -2.34. The van der Waals surface area contributed by atoms with Crippen LogP contribution in [-0.2, 0) is 0 Å². The Hall–Kier alpha value is -0.500. The fourth-order valence-electron chi connectivity index (χ4n) is 2.14. The van der Waals surface area contributed by atoms with Crippen LogP contribution in [0.25, 0.3) is 0 Å². The number of allylic oxidation sites excluding steroid dienone is 2. The van der Waals surface area contributed by atoms with Crippen LogP contribution in [0.3, 0.4) is 0 Å². The van der Waals surface area contributed by atoms with Crippen molar-refractivity contribution in [2.75, 3.05) is 19.7 Å². The van der Waals surface area contributed by atoms with Gasteiger partial charge in [0.2, 0.25) is 0 Å². The third kappa shape index (κ3) is 3.02. The minimum Gasteiger partial charge on any atom is -0.396 e. The normalized spacial score (nSPS) is 20.2. The third-order valence-corrected chi connectivity index (χ3v) is 3.08. The summed E-state index contributed by atoms with van der Waals surface area (Å²) in [5, 5.41) is 9.04. The number of hydrogen-bond acceptors (Lipinski definition) is 2. The summed E-state index contributed by atoms with van der Waals surface area (Å²) >= 11 is 0. The molecule has 0 unspecified atom stereocenters. The van der Waals surface area contributed by atoms with Crippen molar-refractivity contribution >= 4 is 0 Å². The molecule has 14 heavy (non-hydrogen) atoms. The number of nitrogens with zero attached hydrogens (tertiary/aromatic N) is 1. The van der Waals surface area contributed by atoms with Gasteiger partial charge in [-0.2, -0.15) is 0 Å². The van der Waals surface area contributed by atoms with E-state index >= 15 is 0 Å². The quantitative estimate of drug-likeness (QED) is 0.748. The summed E-state index contributed by atoms with van der Waals surface area (Å²) in [5.74, 6) is 0.547. The Morgan fingerprint density at radius 3 is 2.43 bits per heavy atom. The standard InChI is InChI=1S/C12H23NO/c1-3-5-12(4-2)13-8-6-11(10-14)7-9-13/h5,11,14H,3-4,6-10H2,1-2H3/b12-5+. The van der Waals surface area contributed by atoms with E-state index in [-0.39, 0.29) is 0 Å². The first-order valence-corrected chi connectivity index (χ1v) is 5.86. The number of aliphatic hydroxyl groups excluding tert-OH is 1. The smallest absolute Gasteiger partial charge is 0.0460 e. The van der Waals surface area contributed by atoms with E-state index in [0.29, 0.717) is 12.5 Å². The molecule has 82 valence electrons. The zero-order valence-electron chi connectivity index (χ0n) is 9.50. The first kappa shape index (κ1) is 11.6. The second-order valence-electron chi connectivity index (χ2n) is 4.07. The summed E-state index contributed by atoms with van der Waals surface area (Å²) in [5.41, 5.74) is 1.49. The van der Waals surface area contributed by atoms with Crippen LogP contribution < -0.4 is 0 Å². The van der Waals surface area contributed by atoms with Crippen molar-refractivity contribution in [2.45, 2.75) is 39.5 Å². The number of likely N-dealkylation sites (tertiary alicyclic amines) is 1. The topological polar surface area (TPSA) is 23.5 Å². The van der Waals surface area contributed by atoms with Crippen LogP contribution in [0.5, 0.6) is 0 Å². The molecule has 0 aliphatic carbocycles. The van der Waals surface area contributed by atoms with Gasteiger partial charge in [-0.25, -0.2) is 0 Å². The monoisotopic (exact) mass is 197 g/mol. The predicted molar refractivity (Wildman–Crippen MR) is 60.0 cm³/mol. The molecule has 2 heteroatoms. The number of hydrogen-bond donors (Lipinski definition) is 1. The van der Waals surface area contributed by atoms with Gasteiger partial charge in [-0.05, 0) is 31.6 Å². The molecule has 1 rings (SSSR count). The first-order chi connectivity index (χ1) is 6.81. The van der Waals surface area contributed by atoms with Crippen molar-refractivity contribution in [1.82, 2.24) is 4.90 Å². The maximum Gasteiger partial charge on any atom is 0.0460 e. The molecule has 0 amide bonds. The van der Waals surface area contributed by atoms with Gasteiger partial charge in [0.1, 0.15) is 0 Å². The van der Waals surface area contributed by atoms with E-state index in [2.05, 4.69) is 24.8 Å². The average molecular weight is 197 g/mol. The summed E-state index contributed by atoms with van der Waals surface area (Å²) in [6, 6.07) is 0. The molecule has 0 spiro atoms. The Morgan fingerprint density at radius 2 is 2.00 bits per heavy atom. The zero-order chi connectivity index (χ0) is 10.4. The van der Waals surface area contributed by atoms with Crippen LogP contribution in [0.15, 0.2) is 11.8 Å². The molecule has 1 aliphatic rings. The molecule has 0 aromatic carbocycles. The highest BCUT2D eigenvalue weighted by Crippen LogP contribution is 2.21. The van der Waals surface area contributed by atoms with Crippen molar-refractivity contribution in [1.29, 1.82) is 0 Å². The molecular weight excluding hydrogens is 174 g/mol. The van der Waals surface area contributed by atoms with Crippen molar-refractivity contribution in [2.24, 2.45) is 5.92 Å². The SMILES string of the molecule is CC/C=C(\CC)N1CCC(CO)CC1. The fraction of sp³-hybridized carbons (Fsp3) is 0.833. The lowest BCUT2D eigenvalue weighted by Crippen LogP contribution is -2.34. The lowest BCUT2D eigenvalue weighted by atomic mass is 9.97. The number of aliphatic hydroxyl groups is 1. The van der Waals surface area contributed by atoms with E-state index in [1.54, 1.807) is 0 Å². The fourth-order valence-corrected chi connectivity index (χ4v) is 2.14. The molecular formula is C12H23NO. The summed E-state index contributed by atoms with van der Waals surface area (Å²) in [4.78, 5) is 2.48. The summed E-state index contributed by atoms with van der Waals surface area (Å²) < 4.78 is 0. The van der Waals surface area contributed by atoms with Gasteiger partial charge in [-0.3, -0.25) is 0 Å². The third-order valence-electron chi connectivity index (χ3n) is 3.08. The van der Waals surface area contributed by atoms with Crippen molar-refractivity contribution in [3.05, 3.63) is 11.8 Å². The van der Waals surface area contributed by atoms with E-state index in [9.17, 15) is 0 Å². The average Bonchev–Trinajstić information content (AvgIpc) is 2.26. The minimum atomic E-state index is 0.368. The highest BCUT2D eigenvalue weighted by molar-refractivity contribution is 5.01. The molecule has 1 N–H and O–H groups in total. The summed E-state index contributed by atoms with van der Waals surface area (Å²) in [6.45, 7) is 7.04. The van der Waals surface area contributed by atoms with Gasteiger partial charge in [0.05, 0.1) is 0 Å². The second kappa shape index (κ2) is 6.07. The molecule has 0 atom stereocenters. The molecule has 0 aromatic rings. The highest BCUT2D eigenvalue weighted by atomic mass is 16.3. The summed E-state index contributed by atoms with van der Waals surface area (Å²) in [6.07, 6.45) is 6.90. The summed E-state index contributed by atoms with van der Waals surface area (Å²) in [7, 11) is 0. The zero-order valence-corrected chi connectivity index (χ0v) is 9.50. The molecule has 1 aliphatic heterocycles. The van der Waals surface area contributed by atoms with Crippen LogP contribution in [0.2, 0.25) is 0 Å².